The van der Waals surface area contributed by atoms with Gasteiger partial charge in [-0.1, -0.05) is 25.4 Å². The number of nitrogens with one attached hydrogen (secondary N) is 1. The standard InChI is InChI=1S/C21H26ClN3O5S/c1-15(2)14-30-18-8-5-16(6-9-18)12-23-24-21(26)13-25(31(4,27)28)19-11-17(22)7-10-20(19)29-3/h5-12,15H,13-14H2,1-4H3,(H,24,26). The fourth-order valence-electron chi connectivity index (χ4n) is 2.50. The summed E-state index contributed by atoms with van der Waals surface area (Å²) in [6.45, 7) is 4.26. The number of benzene rings is 2. The molecule has 0 saturated carbocycles. The van der Waals surface area contributed by atoms with Crippen molar-refractivity contribution in [3.05, 3.63) is 53.1 Å². The summed E-state index contributed by atoms with van der Waals surface area (Å²) in [5.74, 6) is 0.815. The van der Waals surface area contributed by atoms with Crippen LogP contribution in [0.3, 0.4) is 0 Å². The van der Waals surface area contributed by atoms with Crippen LogP contribution >= 0.6 is 11.6 Å². The monoisotopic (exact) mass is 467 g/mol. The number of amides is 1. The number of hydrogen-bond acceptors (Lipinski definition) is 6. The number of methoxy groups -OCH3 is 1. The number of anilines is 1. The molecule has 10 heteroatoms. The second-order valence-corrected chi connectivity index (χ2v) is 9.50. The van der Waals surface area contributed by atoms with E-state index < -0.39 is 22.5 Å². The summed E-state index contributed by atoms with van der Waals surface area (Å²) in [6.07, 6.45) is 2.45. The largest absolute Gasteiger partial charge is 0.495 e. The number of nitrogens with zero attached hydrogens (tertiary/aromatic N) is 2. The first kappa shape index (κ1) is 24.5. The zero-order valence-electron chi connectivity index (χ0n) is 17.8. The minimum atomic E-state index is -3.79. The molecule has 2 aromatic rings. The molecule has 0 spiro atoms. The van der Waals surface area contributed by atoms with Crippen LogP contribution in [0.25, 0.3) is 0 Å². The van der Waals surface area contributed by atoms with Crippen molar-refractivity contribution in [2.24, 2.45) is 11.0 Å². The molecule has 0 heterocycles. The van der Waals surface area contributed by atoms with E-state index in [0.29, 0.717) is 17.5 Å². The highest BCUT2D eigenvalue weighted by Gasteiger charge is 2.24. The van der Waals surface area contributed by atoms with Gasteiger partial charge in [0.15, 0.2) is 0 Å². The Labute approximate surface area is 187 Å². The van der Waals surface area contributed by atoms with Gasteiger partial charge in [0.25, 0.3) is 5.91 Å². The van der Waals surface area contributed by atoms with E-state index >= 15 is 0 Å². The Kier molecular flexibility index (Phi) is 8.70. The third-order valence-corrected chi connectivity index (χ3v) is 5.32. The molecule has 1 N–H and O–H groups in total. The van der Waals surface area contributed by atoms with Gasteiger partial charge in [0.2, 0.25) is 10.0 Å². The van der Waals surface area contributed by atoms with E-state index in [4.69, 9.17) is 21.1 Å². The third kappa shape index (κ3) is 7.76. The quantitative estimate of drug-likeness (QED) is 0.427. The van der Waals surface area contributed by atoms with Gasteiger partial charge in [0, 0.05) is 5.02 Å². The topological polar surface area (TPSA) is 97.3 Å². The smallest absolute Gasteiger partial charge is 0.260 e. The Morgan fingerprint density at radius 1 is 1.23 bits per heavy atom. The van der Waals surface area contributed by atoms with Gasteiger partial charge in [-0.05, 0) is 53.9 Å². The van der Waals surface area contributed by atoms with Gasteiger partial charge in [0.05, 0.1) is 31.9 Å². The summed E-state index contributed by atoms with van der Waals surface area (Å²) in [6, 6.07) is 11.7. The van der Waals surface area contributed by atoms with E-state index in [9.17, 15) is 13.2 Å². The van der Waals surface area contributed by atoms with Crippen LogP contribution in [0.2, 0.25) is 5.02 Å². The van der Waals surface area contributed by atoms with Crippen LogP contribution < -0.4 is 19.2 Å². The molecule has 0 aliphatic heterocycles. The van der Waals surface area contributed by atoms with Gasteiger partial charge < -0.3 is 9.47 Å². The van der Waals surface area contributed by atoms with Crippen LogP contribution in [0, 0.1) is 5.92 Å². The molecule has 0 radical (unpaired) electrons. The molecule has 0 atom stereocenters. The predicted octanol–water partition coefficient (Wildman–Crippen LogP) is 3.30. The van der Waals surface area contributed by atoms with E-state index in [1.807, 2.05) is 12.1 Å². The molecule has 0 fully saturated rings. The van der Waals surface area contributed by atoms with Gasteiger partial charge in [-0.3, -0.25) is 9.10 Å². The number of hydrazone groups is 1. The minimum Gasteiger partial charge on any atom is -0.495 e. The third-order valence-electron chi connectivity index (χ3n) is 3.96. The van der Waals surface area contributed by atoms with Crippen molar-refractivity contribution >= 4 is 39.4 Å². The van der Waals surface area contributed by atoms with Crippen LogP contribution in [0.5, 0.6) is 11.5 Å². The number of carbonyl (C=O) groups excluding carboxylic acids is 1. The van der Waals surface area contributed by atoms with Gasteiger partial charge in [0.1, 0.15) is 18.0 Å². The summed E-state index contributed by atoms with van der Waals surface area (Å²) in [7, 11) is -2.39. The summed E-state index contributed by atoms with van der Waals surface area (Å²) in [5.41, 5.74) is 3.23. The molecule has 0 aliphatic rings. The number of rotatable bonds is 10. The van der Waals surface area contributed by atoms with Gasteiger partial charge in [-0.25, -0.2) is 13.8 Å². The lowest BCUT2D eigenvalue weighted by Gasteiger charge is -2.23. The molecule has 0 bridgehead atoms. The molecule has 168 valence electrons. The maximum absolute atomic E-state index is 12.3. The molecule has 8 nitrogen and oxygen atoms in total. The maximum Gasteiger partial charge on any atom is 0.260 e. The number of sulfonamides is 1. The van der Waals surface area contributed by atoms with E-state index in [1.165, 1.54) is 25.5 Å². The van der Waals surface area contributed by atoms with Gasteiger partial charge in [-0.2, -0.15) is 5.10 Å². The molecule has 2 aromatic carbocycles. The van der Waals surface area contributed by atoms with Crippen molar-refractivity contribution in [1.29, 1.82) is 0 Å². The minimum absolute atomic E-state index is 0.161. The number of hydrogen-bond donors (Lipinski definition) is 1. The second kappa shape index (κ2) is 11.0. The number of ether oxygens (including phenoxy) is 2. The highest BCUT2D eigenvalue weighted by atomic mass is 35.5. The molecule has 0 saturated heterocycles. The summed E-state index contributed by atoms with van der Waals surface area (Å²) in [5, 5.41) is 4.20. The molecule has 0 unspecified atom stereocenters. The lowest BCUT2D eigenvalue weighted by molar-refractivity contribution is -0.119. The van der Waals surface area contributed by atoms with Gasteiger partial charge >= 0.3 is 0 Å². The molecule has 0 aromatic heterocycles. The molecule has 1 amide bonds. The van der Waals surface area contributed by atoms with E-state index in [2.05, 4.69) is 24.4 Å². The molecule has 0 aliphatic carbocycles. The average Bonchev–Trinajstić information content (AvgIpc) is 2.70. The molecular formula is C21H26ClN3O5S. The summed E-state index contributed by atoms with van der Waals surface area (Å²) >= 11 is 5.99. The van der Waals surface area contributed by atoms with Crippen LogP contribution in [-0.4, -0.2) is 47.1 Å². The van der Waals surface area contributed by atoms with Crippen molar-refractivity contribution in [1.82, 2.24) is 5.43 Å². The van der Waals surface area contributed by atoms with E-state index in [0.717, 1.165) is 21.9 Å². The average molecular weight is 468 g/mol. The first-order valence-electron chi connectivity index (χ1n) is 9.46. The highest BCUT2D eigenvalue weighted by Crippen LogP contribution is 2.32. The first-order valence-corrected chi connectivity index (χ1v) is 11.7. The lowest BCUT2D eigenvalue weighted by atomic mass is 10.2. The maximum atomic E-state index is 12.3. The molecule has 2 rings (SSSR count). The fraction of sp³-hybridized carbons (Fsp3) is 0.333. The SMILES string of the molecule is COc1ccc(Cl)cc1N(CC(=O)NN=Cc1ccc(OCC(C)C)cc1)S(C)(=O)=O. The zero-order chi connectivity index (χ0) is 23.0. The Hall–Kier alpha value is -2.78. The van der Waals surface area contributed by atoms with E-state index in [1.54, 1.807) is 18.2 Å². The summed E-state index contributed by atoms with van der Waals surface area (Å²) in [4.78, 5) is 12.3. The van der Waals surface area contributed by atoms with Crippen molar-refractivity contribution in [2.45, 2.75) is 13.8 Å². The highest BCUT2D eigenvalue weighted by molar-refractivity contribution is 7.92. The van der Waals surface area contributed by atoms with Crippen molar-refractivity contribution in [3.8, 4) is 11.5 Å². The fourth-order valence-corrected chi connectivity index (χ4v) is 3.51. The Morgan fingerprint density at radius 2 is 1.90 bits per heavy atom. The van der Waals surface area contributed by atoms with Crippen molar-refractivity contribution in [3.63, 3.8) is 0 Å². The van der Waals surface area contributed by atoms with Crippen molar-refractivity contribution < 1.29 is 22.7 Å². The van der Waals surface area contributed by atoms with Gasteiger partial charge in [-0.15, -0.1) is 0 Å². The van der Waals surface area contributed by atoms with Crippen molar-refractivity contribution in [2.75, 3.05) is 30.8 Å². The van der Waals surface area contributed by atoms with E-state index in [-0.39, 0.29) is 11.4 Å². The van der Waals surface area contributed by atoms with Crippen LogP contribution in [0.15, 0.2) is 47.6 Å². The normalized spacial score (nSPS) is 11.5. The molecular weight excluding hydrogens is 442 g/mol. The molecule has 31 heavy (non-hydrogen) atoms. The second-order valence-electron chi connectivity index (χ2n) is 7.15. The number of carbonyl (C=O) groups is 1. The number of halogens is 1. The van der Waals surface area contributed by atoms with Crippen LogP contribution in [0.4, 0.5) is 5.69 Å². The lowest BCUT2D eigenvalue weighted by Crippen LogP contribution is -2.39. The Balaban J connectivity index is 2.05. The van der Waals surface area contributed by atoms with Crippen LogP contribution in [-0.2, 0) is 14.8 Å². The Bertz CT molecular complexity index is 1020. The predicted molar refractivity (Wildman–Crippen MR) is 123 cm³/mol. The zero-order valence-corrected chi connectivity index (χ0v) is 19.4. The van der Waals surface area contributed by atoms with Crippen LogP contribution in [0.1, 0.15) is 19.4 Å². The first-order chi connectivity index (χ1) is 14.6. The Morgan fingerprint density at radius 3 is 2.48 bits per heavy atom. The summed E-state index contributed by atoms with van der Waals surface area (Å²) < 4.78 is 36.3.